The molecule has 0 bridgehead atoms. The first kappa shape index (κ1) is 22.4. The molecule has 0 fully saturated rings. The lowest BCUT2D eigenvalue weighted by Crippen LogP contribution is -1.98. The van der Waals surface area contributed by atoms with Crippen molar-refractivity contribution in [2.75, 3.05) is 7.11 Å². The molecule has 1 aliphatic heterocycles. The van der Waals surface area contributed by atoms with E-state index in [4.69, 9.17) is 37.4 Å². The molecular weight excluding hydrogens is 473 g/mol. The molecule has 7 heteroatoms. The first-order valence-corrected chi connectivity index (χ1v) is 11.5. The number of benzene rings is 3. The highest BCUT2D eigenvalue weighted by Crippen LogP contribution is 2.36. The number of hydrogen-bond donors (Lipinski definition) is 0. The van der Waals surface area contributed by atoms with E-state index in [-0.39, 0.29) is 11.5 Å². The lowest BCUT2D eigenvalue weighted by molar-refractivity contribution is 0.101. The predicted octanol–water partition coefficient (Wildman–Crippen LogP) is 7.17. The van der Waals surface area contributed by atoms with E-state index in [0.717, 1.165) is 34.3 Å². The van der Waals surface area contributed by atoms with Crippen LogP contribution in [0.1, 0.15) is 28.4 Å². The summed E-state index contributed by atoms with van der Waals surface area (Å²) < 4.78 is 19.3. The fraction of sp³-hybridized carbons (Fsp3) is 0.148. The number of allylic oxidation sites excluding steroid dienone is 1. The molecule has 0 radical (unpaired) electrons. The molecule has 34 heavy (non-hydrogen) atoms. The number of aromatic nitrogens is 1. The minimum Gasteiger partial charge on any atom is -0.497 e. The first-order chi connectivity index (χ1) is 16.5. The number of rotatable bonds is 6. The third kappa shape index (κ3) is 4.13. The fourth-order valence-corrected chi connectivity index (χ4v) is 4.32. The minimum atomic E-state index is -0.161. The van der Waals surface area contributed by atoms with E-state index in [2.05, 4.69) is 11.5 Å². The number of halogens is 2. The van der Waals surface area contributed by atoms with Gasteiger partial charge in [-0.1, -0.05) is 29.3 Å². The average Bonchev–Trinajstić information content (AvgIpc) is 3.36. The van der Waals surface area contributed by atoms with E-state index in [9.17, 15) is 4.79 Å². The van der Waals surface area contributed by atoms with Crippen molar-refractivity contribution in [2.45, 2.75) is 20.1 Å². The van der Waals surface area contributed by atoms with Crippen LogP contribution in [0.4, 0.5) is 0 Å². The minimum absolute atomic E-state index is 0.161. The number of ether oxygens (including phenoxy) is 3. The van der Waals surface area contributed by atoms with Crippen LogP contribution in [0.15, 0.2) is 66.6 Å². The molecule has 172 valence electrons. The van der Waals surface area contributed by atoms with Crippen LogP contribution in [0, 0.1) is 0 Å². The highest BCUT2D eigenvalue weighted by atomic mass is 35.5. The lowest BCUT2D eigenvalue weighted by Gasteiger charge is -2.08. The summed E-state index contributed by atoms with van der Waals surface area (Å²) in [7, 11) is 1.64. The standard InChI is InChI=1S/C27H21Cl2NO4/c1-3-30-14-17(21-12-18(32-2)6-9-24(21)30)11-26-27(31)20-7-5-19(13-25(20)34-26)33-15-16-4-8-22(28)23(29)10-16/h4-14H,3,15H2,1-2H3. The average molecular weight is 494 g/mol. The molecule has 5 nitrogen and oxygen atoms in total. The van der Waals surface area contributed by atoms with Crippen LogP contribution in [0.25, 0.3) is 17.0 Å². The van der Waals surface area contributed by atoms with Gasteiger partial charge in [-0.25, -0.2) is 0 Å². The molecule has 0 aliphatic carbocycles. The van der Waals surface area contributed by atoms with Crippen molar-refractivity contribution in [3.05, 3.63) is 93.3 Å². The predicted molar refractivity (Wildman–Crippen MR) is 134 cm³/mol. The summed E-state index contributed by atoms with van der Waals surface area (Å²) in [5.74, 6) is 1.93. The normalized spacial score (nSPS) is 13.9. The number of carbonyl (C=O) groups excluding carboxylic acids is 1. The highest BCUT2D eigenvalue weighted by Gasteiger charge is 2.28. The smallest absolute Gasteiger partial charge is 0.231 e. The molecular formula is C27H21Cl2NO4. The van der Waals surface area contributed by atoms with Crippen LogP contribution in [0.3, 0.4) is 0 Å². The van der Waals surface area contributed by atoms with Crippen molar-refractivity contribution in [3.63, 3.8) is 0 Å². The van der Waals surface area contributed by atoms with Gasteiger partial charge in [-0.15, -0.1) is 0 Å². The van der Waals surface area contributed by atoms with Gasteiger partial charge >= 0.3 is 0 Å². The number of methoxy groups -OCH3 is 1. The zero-order valence-corrected chi connectivity index (χ0v) is 20.1. The maximum atomic E-state index is 13.0. The summed E-state index contributed by atoms with van der Waals surface area (Å²) >= 11 is 12.0. The quantitative estimate of drug-likeness (QED) is 0.267. The molecule has 0 saturated heterocycles. The van der Waals surface area contributed by atoms with Gasteiger partial charge in [-0.2, -0.15) is 0 Å². The third-order valence-electron chi connectivity index (χ3n) is 5.78. The largest absolute Gasteiger partial charge is 0.497 e. The van der Waals surface area contributed by atoms with Gasteiger partial charge in [0.1, 0.15) is 23.9 Å². The number of hydrogen-bond acceptors (Lipinski definition) is 4. The molecule has 0 unspecified atom stereocenters. The van der Waals surface area contributed by atoms with Crippen LogP contribution in [-0.4, -0.2) is 17.5 Å². The summed E-state index contributed by atoms with van der Waals surface area (Å²) in [5.41, 5.74) is 3.35. The second kappa shape index (κ2) is 9.09. The zero-order chi connectivity index (χ0) is 23.8. The molecule has 5 rings (SSSR count). The Hall–Kier alpha value is -3.41. The van der Waals surface area contributed by atoms with Gasteiger partial charge in [0.2, 0.25) is 5.78 Å². The van der Waals surface area contributed by atoms with Crippen molar-refractivity contribution in [2.24, 2.45) is 0 Å². The van der Waals surface area contributed by atoms with Gasteiger partial charge in [0, 0.05) is 35.3 Å². The lowest BCUT2D eigenvalue weighted by atomic mass is 10.1. The van der Waals surface area contributed by atoms with Crippen molar-refractivity contribution < 1.29 is 19.0 Å². The van der Waals surface area contributed by atoms with Crippen molar-refractivity contribution >= 4 is 46.0 Å². The van der Waals surface area contributed by atoms with E-state index in [0.29, 0.717) is 33.7 Å². The van der Waals surface area contributed by atoms with Gasteiger partial charge in [0.25, 0.3) is 0 Å². The van der Waals surface area contributed by atoms with Gasteiger partial charge < -0.3 is 18.8 Å². The van der Waals surface area contributed by atoms with E-state index in [1.165, 1.54) is 0 Å². The SMILES string of the molecule is CCn1cc(C=C2Oc3cc(OCc4ccc(Cl)c(Cl)c4)ccc3C2=O)c2cc(OC)ccc21. The molecule has 0 N–H and O–H groups in total. The topological polar surface area (TPSA) is 49.7 Å². The summed E-state index contributed by atoms with van der Waals surface area (Å²) in [6.07, 6.45) is 3.80. The van der Waals surface area contributed by atoms with Crippen LogP contribution in [-0.2, 0) is 13.2 Å². The van der Waals surface area contributed by atoms with Crippen LogP contribution in [0.5, 0.6) is 17.2 Å². The number of ketones is 1. The second-order valence-corrected chi connectivity index (χ2v) is 8.70. The van der Waals surface area contributed by atoms with Crippen LogP contribution in [0.2, 0.25) is 10.0 Å². The van der Waals surface area contributed by atoms with Crippen molar-refractivity contribution in [1.82, 2.24) is 4.57 Å². The Balaban J connectivity index is 1.40. The maximum Gasteiger partial charge on any atom is 0.231 e. The molecule has 0 spiro atoms. The first-order valence-electron chi connectivity index (χ1n) is 10.8. The van der Waals surface area contributed by atoms with Gasteiger partial charge in [-0.05, 0) is 61.0 Å². The molecule has 1 aliphatic rings. The maximum absolute atomic E-state index is 13.0. The summed E-state index contributed by atoms with van der Waals surface area (Å²) in [4.78, 5) is 13.0. The van der Waals surface area contributed by atoms with Crippen LogP contribution < -0.4 is 14.2 Å². The monoisotopic (exact) mass is 493 g/mol. The molecule has 4 aromatic rings. The zero-order valence-electron chi connectivity index (χ0n) is 18.6. The molecule has 3 aromatic carbocycles. The van der Waals surface area contributed by atoms with Crippen molar-refractivity contribution in [3.8, 4) is 17.2 Å². The summed E-state index contributed by atoms with van der Waals surface area (Å²) in [5, 5.41) is 1.96. The van der Waals surface area contributed by atoms with E-state index in [1.807, 2.05) is 30.5 Å². The Bertz CT molecular complexity index is 1450. The molecule has 0 amide bonds. The van der Waals surface area contributed by atoms with Gasteiger partial charge in [0.05, 0.1) is 22.7 Å². The number of Topliss-reactive ketones (excluding diaryl/α,β-unsaturated/α-hetero) is 1. The fourth-order valence-electron chi connectivity index (χ4n) is 4.00. The van der Waals surface area contributed by atoms with Crippen molar-refractivity contribution in [1.29, 1.82) is 0 Å². The molecule has 0 atom stereocenters. The van der Waals surface area contributed by atoms with E-state index >= 15 is 0 Å². The van der Waals surface area contributed by atoms with Gasteiger partial charge in [0.15, 0.2) is 5.76 Å². The number of carbonyl (C=O) groups is 1. The summed E-state index contributed by atoms with van der Waals surface area (Å²) in [6, 6.07) is 16.5. The van der Waals surface area contributed by atoms with Gasteiger partial charge in [-0.3, -0.25) is 4.79 Å². The summed E-state index contributed by atoms with van der Waals surface area (Å²) in [6.45, 7) is 3.19. The number of fused-ring (bicyclic) bond motifs is 2. The Morgan fingerprint density at radius 1 is 1.00 bits per heavy atom. The van der Waals surface area contributed by atoms with E-state index < -0.39 is 0 Å². The Morgan fingerprint density at radius 2 is 1.82 bits per heavy atom. The molecule has 2 heterocycles. The number of aryl methyl sites for hydroxylation is 1. The second-order valence-electron chi connectivity index (χ2n) is 7.89. The molecule has 0 saturated carbocycles. The highest BCUT2D eigenvalue weighted by molar-refractivity contribution is 6.42. The third-order valence-corrected chi connectivity index (χ3v) is 6.52. The Labute approximate surface area is 207 Å². The van der Waals surface area contributed by atoms with Crippen LogP contribution >= 0.6 is 23.2 Å². The molecule has 1 aromatic heterocycles. The Kier molecular flexibility index (Phi) is 5.98. The number of nitrogens with zero attached hydrogens (tertiary/aromatic N) is 1. The Morgan fingerprint density at radius 3 is 2.59 bits per heavy atom. The van der Waals surface area contributed by atoms with E-state index in [1.54, 1.807) is 43.5 Å².